The lowest BCUT2D eigenvalue weighted by Crippen LogP contribution is -2.45. The van der Waals surface area contributed by atoms with Gasteiger partial charge in [0.25, 0.3) is 0 Å². The third-order valence-corrected chi connectivity index (χ3v) is 1.88. The molecule has 0 bridgehead atoms. The van der Waals surface area contributed by atoms with Crippen molar-refractivity contribution >= 4 is 11.9 Å². The van der Waals surface area contributed by atoms with Gasteiger partial charge in [-0.1, -0.05) is 0 Å². The highest BCUT2D eigenvalue weighted by Gasteiger charge is 2.23. The van der Waals surface area contributed by atoms with Gasteiger partial charge in [0, 0.05) is 0 Å². The second-order valence-electron chi connectivity index (χ2n) is 3.96. The normalized spacial score (nSPS) is 16.4. The minimum atomic E-state index is -1.23. The number of aliphatic hydroxyl groups excluding tert-OH is 1. The van der Waals surface area contributed by atoms with Gasteiger partial charge < -0.3 is 25.8 Å². The first-order valence-electron chi connectivity index (χ1n) is 4.70. The molecule has 0 aliphatic heterocycles. The predicted octanol–water partition coefficient (Wildman–Crippen LogP) is -1.11. The molecule has 0 aliphatic rings. The van der Waals surface area contributed by atoms with E-state index in [0.717, 1.165) is 0 Å². The van der Waals surface area contributed by atoms with E-state index in [1.807, 2.05) is 0 Å². The van der Waals surface area contributed by atoms with Crippen LogP contribution in [0.3, 0.4) is 0 Å². The number of aliphatic hydroxyl groups is 1. The molecule has 0 fully saturated rings. The summed E-state index contributed by atoms with van der Waals surface area (Å²) in [6.45, 7) is 0.963. The summed E-state index contributed by atoms with van der Waals surface area (Å²) in [7, 11) is 0. The van der Waals surface area contributed by atoms with Crippen molar-refractivity contribution in [2.24, 2.45) is 11.7 Å². The predicted molar refractivity (Wildman–Crippen MR) is 53.9 cm³/mol. The molecule has 5 N–H and O–H groups in total. The first-order valence-corrected chi connectivity index (χ1v) is 4.70. The molecule has 94 valence electrons. The van der Waals surface area contributed by atoms with Gasteiger partial charge in [-0.25, -0.2) is 0 Å². The molecule has 0 rings (SSSR count). The number of aliphatic carboxylic acids is 2. The Bertz CT molecular complexity index is 252. The largest absolute Gasteiger partial charge is 0.481 e. The number of ether oxygens (including phenoxy) is 1. The van der Waals surface area contributed by atoms with Gasteiger partial charge in [0.2, 0.25) is 0 Å². The van der Waals surface area contributed by atoms with E-state index in [0.29, 0.717) is 0 Å². The Labute approximate surface area is 92.8 Å². The number of rotatable bonds is 8. The highest BCUT2D eigenvalue weighted by atomic mass is 16.5. The van der Waals surface area contributed by atoms with Gasteiger partial charge >= 0.3 is 11.9 Å². The fourth-order valence-electron chi connectivity index (χ4n) is 0.908. The molecule has 2 unspecified atom stereocenters. The highest BCUT2D eigenvalue weighted by molar-refractivity contribution is 5.77. The topological polar surface area (TPSA) is 130 Å². The molecule has 7 heteroatoms. The molecule has 16 heavy (non-hydrogen) atoms. The van der Waals surface area contributed by atoms with E-state index < -0.39 is 29.8 Å². The van der Waals surface area contributed by atoms with E-state index in [9.17, 15) is 9.59 Å². The Morgan fingerprint density at radius 2 is 2.00 bits per heavy atom. The van der Waals surface area contributed by atoms with Crippen LogP contribution in [0.1, 0.15) is 13.3 Å². The lowest BCUT2D eigenvalue weighted by atomic mass is 10.1. The highest BCUT2D eigenvalue weighted by Crippen LogP contribution is 2.06. The number of carboxylic acid groups (broad SMARTS) is 2. The fraction of sp³-hybridized carbons (Fsp3) is 0.778. The monoisotopic (exact) mass is 235 g/mol. The molecular formula is C9H17NO6. The molecule has 0 heterocycles. The van der Waals surface area contributed by atoms with Gasteiger partial charge in [0.1, 0.15) is 0 Å². The molecule has 0 aromatic rings. The van der Waals surface area contributed by atoms with Crippen LogP contribution < -0.4 is 5.73 Å². The van der Waals surface area contributed by atoms with Crippen LogP contribution >= 0.6 is 0 Å². The van der Waals surface area contributed by atoms with Gasteiger partial charge in [0.05, 0.1) is 37.7 Å². The van der Waals surface area contributed by atoms with Crippen LogP contribution in [0.5, 0.6) is 0 Å². The maximum Gasteiger partial charge on any atom is 0.309 e. The summed E-state index contributed by atoms with van der Waals surface area (Å²) in [5, 5.41) is 25.9. The van der Waals surface area contributed by atoms with E-state index in [1.54, 1.807) is 6.92 Å². The third kappa shape index (κ3) is 6.33. The Morgan fingerprint density at radius 1 is 1.44 bits per heavy atom. The summed E-state index contributed by atoms with van der Waals surface area (Å²) < 4.78 is 4.98. The molecule has 0 aliphatic carbocycles. The smallest absolute Gasteiger partial charge is 0.309 e. The summed E-state index contributed by atoms with van der Waals surface area (Å²) in [5.74, 6) is -3.54. The van der Waals surface area contributed by atoms with Crippen LogP contribution in [-0.4, -0.2) is 52.6 Å². The maximum atomic E-state index is 10.6. The van der Waals surface area contributed by atoms with Crippen LogP contribution in [0.25, 0.3) is 0 Å². The summed E-state index contributed by atoms with van der Waals surface area (Å²) in [5.41, 5.74) is 4.59. The van der Waals surface area contributed by atoms with Gasteiger partial charge in [-0.2, -0.15) is 0 Å². The number of carbonyl (C=O) groups is 2. The van der Waals surface area contributed by atoms with Gasteiger partial charge in [-0.3, -0.25) is 9.59 Å². The molecule has 0 aromatic carbocycles. The van der Waals surface area contributed by atoms with Gasteiger partial charge in [-0.05, 0) is 6.92 Å². The minimum absolute atomic E-state index is 0.0348. The van der Waals surface area contributed by atoms with Crippen molar-refractivity contribution in [1.82, 2.24) is 0 Å². The Kier molecular flexibility index (Phi) is 5.94. The van der Waals surface area contributed by atoms with E-state index in [1.165, 1.54) is 0 Å². The van der Waals surface area contributed by atoms with Crippen molar-refractivity contribution in [2.75, 3.05) is 19.8 Å². The molecule has 0 saturated heterocycles. The van der Waals surface area contributed by atoms with Crippen LogP contribution in [0.4, 0.5) is 0 Å². The van der Waals surface area contributed by atoms with Crippen LogP contribution in [0, 0.1) is 5.92 Å². The summed E-state index contributed by atoms with van der Waals surface area (Å²) in [4.78, 5) is 21.0. The number of carboxylic acids is 2. The Hall–Kier alpha value is -1.18. The molecule has 0 radical (unpaired) electrons. The number of hydrogen-bond acceptors (Lipinski definition) is 5. The van der Waals surface area contributed by atoms with Crippen molar-refractivity contribution in [1.29, 1.82) is 0 Å². The second-order valence-corrected chi connectivity index (χ2v) is 3.96. The zero-order valence-electron chi connectivity index (χ0n) is 9.05. The maximum absolute atomic E-state index is 10.6. The van der Waals surface area contributed by atoms with Gasteiger partial charge in [0.15, 0.2) is 0 Å². The standard InChI is InChI=1S/C9H17NO6/c1-9(10,4-11)5-16-3-6(8(14)15)2-7(12)13/h6,11H,2-5,10H2,1H3,(H,12,13)(H,14,15). The number of nitrogens with two attached hydrogens (primary N) is 1. The zero-order chi connectivity index (χ0) is 12.8. The third-order valence-electron chi connectivity index (χ3n) is 1.88. The van der Waals surface area contributed by atoms with Crippen molar-refractivity contribution in [3.05, 3.63) is 0 Å². The molecule has 0 aromatic heterocycles. The van der Waals surface area contributed by atoms with E-state index in [-0.39, 0.29) is 19.8 Å². The van der Waals surface area contributed by atoms with E-state index in [4.69, 9.17) is 25.8 Å². The Morgan fingerprint density at radius 3 is 2.38 bits per heavy atom. The van der Waals surface area contributed by atoms with Crippen molar-refractivity contribution in [3.8, 4) is 0 Å². The van der Waals surface area contributed by atoms with E-state index >= 15 is 0 Å². The van der Waals surface area contributed by atoms with Crippen molar-refractivity contribution in [3.63, 3.8) is 0 Å². The molecule has 2 atom stereocenters. The Balaban J connectivity index is 4.04. The first-order chi connectivity index (χ1) is 7.28. The average molecular weight is 235 g/mol. The minimum Gasteiger partial charge on any atom is -0.481 e. The molecular weight excluding hydrogens is 218 g/mol. The number of hydrogen-bond donors (Lipinski definition) is 4. The molecule has 0 saturated carbocycles. The average Bonchev–Trinajstić information content (AvgIpc) is 2.15. The SMILES string of the molecule is CC(N)(CO)COCC(CC(=O)O)C(=O)O. The lowest BCUT2D eigenvalue weighted by molar-refractivity contribution is -0.150. The van der Waals surface area contributed by atoms with Crippen molar-refractivity contribution in [2.45, 2.75) is 18.9 Å². The summed E-state index contributed by atoms with van der Waals surface area (Å²) in [6.07, 6.45) is -0.504. The summed E-state index contributed by atoms with van der Waals surface area (Å²) in [6, 6.07) is 0. The van der Waals surface area contributed by atoms with Crippen LogP contribution in [0.2, 0.25) is 0 Å². The van der Waals surface area contributed by atoms with Gasteiger partial charge in [-0.15, -0.1) is 0 Å². The van der Waals surface area contributed by atoms with Crippen molar-refractivity contribution < 1.29 is 29.6 Å². The fourth-order valence-corrected chi connectivity index (χ4v) is 0.908. The molecule has 0 amide bonds. The quantitative estimate of drug-likeness (QED) is 0.419. The summed E-state index contributed by atoms with van der Waals surface area (Å²) >= 11 is 0. The zero-order valence-corrected chi connectivity index (χ0v) is 9.05. The second kappa shape index (κ2) is 6.41. The first kappa shape index (κ1) is 14.8. The lowest BCUT2D eigenvalue weighted by Gasteiger charge is -2.22. The molecule has 0 spiro atoms. The van der Waals surface area contributed by atoms with Crippen LogP contribution in [-0.2, 0) is 14.3 Å². The van der Waals surface area contributed by atoms with Crippen LogP contribution in [0.15, 0.2) is 0 Å². The van der Waals surface area contributed by atoms with E-state index in [2.05, 4.69) is 0 Å². The molecule has 7 nitrogen and oxygen atoms in total.